The Morgan fingerprint density at radius 3 is 2.78 bits per heavy atom. The molecule has 0 saturated heterocycles. The Morgan fingerprint density at radius 2 is 2.33 bits per heavy atom. The molecule has 0 aliphatic carbocycles. The van der Waals surface area contributed by atoms with Crippen molar-refractivity contribution in [2.45, 2.75) is 6.10 Å². The van der Waals surface area contributed by atoms with Crippen LogP contribution in [-0.4, -0.2) is 36.1 Å². The molecule has 0 aromatic rings. The van der Waals surface area contributed by atoms with E-state index < -0.39 is 6.10 Å². The van der Waals surface area contributed by atoms with Gasteiger partial charge in [0, 0.05) is 0 Å². The fourth-order valence-corrected chi connectivity index (χ4v) is 0.297. The fourth-order valence-electron chi connectivity index (χ4n) is 0.297. The van der Waals surface area contributed by atoms with Gasteiger partial charge in [0.25, 0.3) is 0 Å². The normalized spacial score (nSPS) is 12.6. The molecule has 1 atom stereocenters. The Bertz CT molecular complexity index is 98.9. The molecule has 4 heteroatoms. The Kier molecular flexibility index (Phi) is 5.12. The maximum atomic E-state index is 8.52. The molecule has 4 nitrogen and oxygen atoms in total. The van der Waals surface area contributed by atoms with Crippen molar-refractivity contribution in [1.82, 2.24) is 0 Å². The molecule has 0 aliphatic rings. The molecule has 0 heterocycles. The summed E-state index contributed by atoms with van der Waals surface area (Å²) in [5.74, 6) is 0. The molecule has 1 unspecified atom stereocenters. The molecule has 0 aromatic carbocycles. The van der Waals surface area contributed by atoms with Crippen molar-refractivity contribution >= 4 is 0 Å². The highest BCUT2D eigenvalue weighted by Gasteiger charge is 1.98. The molecule has 0 aliphatic heterocycles. The van der Waals surface area contributed by atoms with Crippen LogP contribution in [0.3, 0.4) is 0 Å². The second-order valence-corrected chi connectivity index (χ2v) is 1.44. The molecular weight excluding hydrogens is 122 g/mol. The second kappa shape index (κ2) is 5.51. The smallest absolute Gasteiger partial charge is 0.163 e. The molecule has 0 spiro atoms. The van der Waals surface area contributed by atoms with E-state index in [9.17, 15) is 0 Å². The quantitative estimate of drug-likeness (QED) is 0.374. The van der Waals surface area contributed by atoms with E-state index in [0.29, 0.717) is 0 Å². The summed E-state index contributed by atoms with van der Waals surface area (Å²) in [5.41, 5.74) is 0. The van der Waals surface area contributed by atoms with Crippen LogP contribution in [0.2, 0.25) is 0 Å². The van der Waals surface area contributed by atoms with Crippen molar-refractivity contribution in [3.05, 3.63) is 0 Å². The van der Waals surface area contributed by atoms with Gasteiger partial charge in [-0.2, -0.15) is 5.26 Å². The summed E-state index contributed by atoms with van der Waals surface area (Å²) < 4.78 is 4.61. The van der Waals surface area contributed by atoms with E-state index in [4.69, 9.17) is 15.5 Å². The van der Waals surface area contributed by atoms with Crippen LogP contribution in [0.5, 0.6) is 0 Å². The molecule has 0 bridgehead atoms. The van der Waals surface area contributed by atoms with Gasteiger partial charge in [-0.15, -0.1) is 0 Å². The predicted molar refractivity (Wildman–Crippen MR) is 29.5 cm³/mol. The lowest BCUT2D eigenvalue weighted by Crippen LogP contribution is -2.14. The van der Waals surface area contributed by atoms with Gasteiger partial charge in [-0.1, -0.05) is 0 Å². The van der Waals surface area contributed by atoms with Crippen LogP contribution in [0.15, 0.2) is 0 Å². The van der Waals surface area contributed by atoms with Crippen LogP contribution in [0.1, 0.15) is 0 Å². The predicted octanol–water partition coefficient (Wildman–Crippen LogP) is -1.12. The van der Waals surface area contributed by atoms with Gasteiger partial charge in [-0.25, -0.2) is 0 Å². The van der Waals surface area contributed by atoms with Gasteiger partial charge in [0.05, 0.1) is 25.9 Å². The van der Waals surface area contributed by atoms with Crippen LogP contribution in [0, 0.1) is 11.3 Å². The van der Waals surface area contributed by atoms with Gasteiger partial charge < -0.3 is 14.9 Å². The van der Waals surface area contributed by atoms with E-state index in [-0.39, 0.29) is 19.8 Å². The van der Waals surface area contributed by atoms with Crippen molar-refractivity contribution < 1.29 is 14.9 Å². The zero-order chi connectivity index (χ0) is 7.11. The van der Waals surface area contributed by atoms with E-state index in [0.717, 1.165) is 0 Å². The van der Waals surface area contributed by atoms with E-state index in [2.05, 4.69) is 4.74 Å². The summed E-state index contributed by atoms with van der Waals surface area (Å²) in [7, 11) is 0. The number of hydrogen-bond donors (Lipinski definition) is 2. The third-order valence-electron chi connectivity index (χ3n) is 0.660. The number of rotatable bonds is 4. The zero-order valence-corrected chi connectivity index (χ0v) is 4.95. The highest BCUT2D eigenvalue weighted by atomic mass is 16.5. The molecule has 2 N–H and O–H groups in total. The maximum Gasteiger partial charge on any atom is 0.163 e. The first-order valence-corrected chi connectivity index (χ1v) is 2.57. The van der Waals surface area contributed by atoms with E-state index in [1.165, 1.54) is 0 Å². The summed E-state index contributed by atoms with van der Waals surface area (Å²) >= 11 is 0. The molecule has 0 radical (unpaired) electrons. The van der Waals surface area contributed by atoms with Crippen molar-refractivity contribution in [3.63, 3.8) is 0 Å². The van der Waals surface area contributed by atoms with Gasteiger partial charge in [0.1, 0.15) is 0 Å². The monoisotopic (exact) mass is 131 g/mol. The van der Waals surface area contributed by atoms with Crippen LogP contribution in [0.25, 0.3) is 0 Å². The number of nitrogens with zero attached hydrogens (tertiary/aromatic N) is 1. The minimum absolute atomic E-state index is 0.0307. The number of aliphatic hydroxyl groups excluding tert-OH is 2. The summed E-state index contributed by atoms with van der Waals surface area (Å²) in [6.45, 7) is 0.0496. The lowest BCUT2D eigenvalue weighted by atomic mass is 10.4. The molecule has 9 heavy (non-hydrogen) atoms. The molecule has 0 saturated carbocycles. The Labute approximate surface area is 53.3 Å². The van der Waals surface area contributed by atoms with E-state index >= 15 is 0 Å². The number of hydrogen-bond acceptors (Lipinski definition) is 4. The van der Waals surface area contributed by atoms with Crippen molar-refractivity contribution in [1.29, 1.82) is 5.26 Å². The third-order valence-corrected chi connectivity index (χ3v) is 0.660. The van der Waals surface area contributed by atoms with Gasteiger partial charge in [0.2, 0.25) is 0 Å². The first-order chi connectivity index (χ1) is 4.31. The third kappa shape index (κ3) is 5.24. The second-order valence-electron chi connectivity index (χ2n) is 1.44. The highest BCUT2D eigenvalue weighted by molar-refractivity contribution is 4.80. The van der Waals surface area contributed by atoms with E-state index in [1.54, 1.807) is 6.07 Å². The Hall–Kier alpha value is -0.630. The van der Waals surface area contributed by atoms with Crippen molar-refractivity contribution in [3.8, 4) is 6.07 Å². The first-order valence-electron chi connectivity index (χ1n) is 2.57. The molecular formula is C5H9NO3. The Balaban J connectivity index is 2.99. The average Bonchev–Trinajstić information content (AvgIpc) is 1.89. The Morgan fingerprint density at radius 1 is 1.67 bits per heavy atom. The summed E-state index contributed by atoms with van der Waals surface area (Å²) in [4.78, 5) is 0. The molecule has 52 valence electrons. The van der Waals surface area contributed by atoms with Gasteiger partial charge >= 0.3 is 0 Å². The molecule has 0 amide bonds. The minimum atomic E-state index is -1.07. The molecule has 0 fully saturated rings. The average molecular weight is 131 g/mol. The zero-order valence-electron chi connectivity index (χ0n) is 4.95. The molecule has 0 rings (SSSR count). The SMILES string of the molecule is N#CC(O)COCCO. The van der Waals surface area contributed by atoms with Crippen LogP contribution >= 0.6 is 0 Å². The maximum absolute atomic E-state index is 8.52. The van der Waals surface area contributed by atoms with E-state index in [1.807, 2.05) is 0 Å². The lowest BCUT2D eigenvalue weighted by Gasteiger charge is -2.00. The number of aliphatic hydroxyl groups is 2. The topological polar surface area (TPSA) is 73.5 Å². The van der Waals surface area contributed by atoms with Gasteiger partial charge in [-0.05, 0) is 0 Å². The van der Waals surface area contributed by atoms with Crippen molar-refractivity contribution in [2.75, 3.05) is 19.8 Å². The highest BCUT2D eigenvalue weighted by Crippen LogP contribution is 1.80. The number of ether oxygens (including phenoxy) is 1. The minimum Gasteiger partial charge on any atom is -0.394 e. The lowest BCUT2D eigenvalue weighted by molar-refractivity contribution is 0.0426. The number of nitriles is 1. The largest absolute Gasteiger partial charge is 0.394 e. The van der Waals surface area contributed by atoms with Crippen LogP contribution in [0.4, 0.5) is 0 Å². The van der Waals surface area contributed by atoms with Gasteiger partial charge in [-0.3, -0.25) is 0 Å². The van der Waals surface area contributed by atoms with Crippen LogP contribution in [-0.2, 0) is 4.74 Å². The summed E-state index contributed by atoms with van der Waals surface area (Å²) in [5, 5.41) is 24.7. The summed E-state index contributed by atoms with van der Waals surface area (Å²) in [6.07, 6.45) is -1.07. The summed E-state index contributed by atoms with van der Waals surface area (Å²) in [6, 6.07) is 1.57. The molecule has 0 aromatic heterocycles. The van der Waals surface area contributed by atoms with Crippen LogP contribution < -0.4 is 0 Å². The van der Waals surface area contributed by atoms with Crippen molar-refractivity contribution in [2.24, 2.45) is 0 Å². The standard InChI is InChI=1S/C5H9NO3/c6-3-5(8)4-9-2-1-7/h5,7-8H,1-2,4H2. The first kappa shape index (κ1) is 8.37. The van der Waals surface area contributed by atoms with Gasteiger partial charge in [0.15, 0.2) is 6.10 Å². The fraction of sp³-hybridized carbons (Fsp3) is 0.800.